The van der Waals surface area contributed by atoms with Gasteiger partial charge in [-0.15, -0.1) is 0 Å². The van der Waals surface area contributed by atoms with E-state index in [4.69, 9.17) is 35.4 Å². The molecule has 0 amide bonds. The number of aromatic amines is 1. The molecule has 108 valence electrons. The predicted octanol–water partition coefficient (Wildman–Crippen LogP) is 5.33. The van der Waals surface area contributed by atoms with E-state index in [2.05, 4.69) is 4.98 Å². The number of fused-ring (bicyclic) bond motifs is 1. The number of nitrogens with one attached hydrogen (secondary N) is 1. The average molecular weight is 345 g/mol. The van der Waals surface area contributed by atoms with Crippen molar-refractivity contribution in [2.75, 3.05) is 0 Å². The first-order valence-electron chi connectivity index (χ1n) is 5.97. The van der Waals surface area contributed by atoms with Crippen molar-refractivity contribution < 1.29 is 8.78 Å². The van der Waals surface area contributed by atoms with Gasteiger partial charge in [-0.1, -0.05) is 29.3 Å². The summed E-state index contributed by atoms with van der Waals surface area (Å²) in [7, 11) is 0. The maximum absolute atomic E-state index is 13.5. The van der Waals surface area contributed by atoms with Gasteiger partial charge in [0.15, 0.2) is 4.77 Å². The van der Waals surface area contributed by atoms with Gasteiger partial charge in [0, 0.05) is 6.07 Å². The van der Waals surface area contributed by atoms with Crippen LogP contribution in [-0.4, -0.2) is 9.55 Å². The molecule has 1 N–H and O–H groups in total. The molecule has 0 aliphatic heterocycles. The average Bonchev–Trinajstić information content (AvgIpc) is 2.71. The quantitative estimate of drug-likeness (QED) is 0.623. The zero-order valence-electron chi connectivity index (χ0n) is 10.5. The van der Waals surface area contributed by atoms with Crippen LogP contribution < -0.4 is 0 Å². The zero-order valence-corrected chi connectivity index (χ0v) is 12.8. The van der Waals surface area contributed by atoms with Crippen molar-refractivity contribution in [2.45, 2.75) is 6.54 Å². The Labute approximate surface area is 133 Å². The summed E-state index contributed by atoms with van der Waals surface area (Å²) in [4.78, 5) is 2.91. The molecule has 0 fully saturated rings. The second-order valence-corrected chi connectivity index (χ2v) is 5.75. The first-order valence-corrected chi connectivity index (χ1v) is 7.13. The Bertz CT molecular complexity index is 902. The first kappa shape index (κ1) is 14.5. The highest BCUT2D eigenvalue weighted by Gasteiger charge is 2.10. The van der Waals surface area contributed by atoms with Crippen molar-refractivity contribution >= 4 is 46.5 Å². The monoisotopic (exact) mass is 344 g/mol. The molecule has 0 saturated carbocycles. The number of hydrogen-bond acceptors (Lipinski definition) is 1. The van der Waals surface area contributed by atoms with Crippen LogP contribution in [0.25, 0.3) is 11.0 Å². The molecule has 1 heterocycles. The molecule has 0 saturated heterocycles. The minimum Gasteiger partial charge on any atom is -0.330 e. The van der Waals surface area contributed by atoms with Crippen LogP contribution in [0.15, 0.2) is 30.3 Å². The third-order valence-corrected chi connectivity index (χ3v) is 4.04. The van der Waals surface area contributed by atoms with E-state index in [0.717, 1.165) is 5.56 Å². The van der Waals surface area contributed by atoms with Crippen LogP contribution in [0.5, 0.6) is 0 Å². The van der Waals surface area contributed by atoms with Gasteiger partial charge >= 0.3 is 0 Å². The van der Waals surface area contributed by atoms with Gasteiger partial charge in [-0.2, -0.15) is 0 Å². The van der Waals surface area contributed by atoms with Gasteiger partial charge in [0.05, 0.1) is 27.6 Å². The van der Waals surface area contributed by atoms with Crippen molar-refractivity contribution in [3.63, 3.8) is 0 Å². The largest absolute Gasteiger partial charge is 0.330 e. The summed E-state index contributed by atoms with van der Waals surface area (Å²) in [6, 6.07) is 7.24. The Morgan fingerprint density at radius 1 is 1.05 bits per heavy atom. The number of halogens is 4. The van der Waals surface area contributed by atoms with E-state index in [-0.39, 0.29) is 10.0 Å². The standard InChI is InChI=1S/C14H8Cl2F2N2S/c15-8-3-7(1-2-10(8)17)6-20-13-4-9(16)11(18)5-12(13)19-14(20)21/h1-5H,6H2,(H,19,21). The van der Waals surface area contributed by atoms with Gasteiger partial charge in [-0.05, 0) is 36.0 Å². The molecule has 21 heavy (non-hydrogen) atoms. The van der Waals surface area contributed by atoms with Crippen LogP contribution in [0.1, 0.15) is 5.56 Å². The Kier molecular flexibility index (Phi) is 3.73. The summed E-state index contributed by atoms with van der Waals surface area (Å²) >= 11 is 16.8. The molecule has 3 rings (SSSR count). The number of hydrogen-bond donors (Lipinski definition) is 1. The van der Waals surface area contributed by atoms with Crippen molar-refractivity contribution in [3.05, 3.63) is 62.3 Å². The summed E-state index contributed by atoms with van der Waals surface area (Å²) in [5.41, 5.74) is 2.00. The fourth-order valence-electron chi connectivity index (χ4n) is 2.13. The Hall–Kier alpha value is -1.43. The van der Waals surface area contributed by atoms with Crippen LogP contribution in [0.4, 0.5) is 8.78 Å². The highest BCUT2D eigenvalue weighted by atomic mass is 35.5. The first-order chi connectivity index (χ1) is 9.95. The maximum Gasteiger partial charge on any atom is 0.178 e. The van der Waals surface area contributed by atoms with Crippen molar-refractivity contribution in [1.82, 2.24) is 9.55 Å². The molecule has 0 unspecified atom stereocenters. The topological polar surface area (TPSA) is 20.7 Å². The van der Waals surface area contributed by atoms with Gasteiger partial charge in [0.25, 0.3) is 0 Å². The summed E-state index contributed by atoms with van der Waals surface area (Å²) < 4.78 is 28.8. The third-order valence-electron chi connectivity index (χ3n) is 3.14. The number of rotatable bonds is 2. The fraction of sp³-hybridized carbons (Fsp3) is 0.0714. The van der Waals surface area contributed by atoms with Crippen LogP contribution in [0, 0.1) is 16.4 Å². The molecule has 3 aromatic rings. The lowest BCUT2D eigenvalue weighted by Gasteiger charge is -2.06. The van der Waals surface area contributed by atoms with E-state index in [1.807, 2.05) is 0 Å². The van der Waals surface area contributed by atoms with E-state index in [9.17, 15) is 8.78 Å². The molecule has 2 aromatic carbocycles. The SMILES string of the molecule is Fc1ccc(Cn2c(=S)[nH]c3cc(F)c(Cl)cc32)cc1Cl. The van der Waals surface area contributed by atoms with E-state index in [1.165, 1.54) is 24.3 Å². The lowest BCUT2D eigenvalue weighted by atomic mass is 10.2. The molecular weight excluding hydrogens is 337 g/mol. The molecule has 7 heteroatoms. The maximum atomic E-state index is 13.5. The zero-order chi connectivity index (χ0) is 15.1. The van der Waals surface area contributed by atoms with Gasteiger partial charge in [0.2, 0.25) is 0 Å². The van der Waals surface area contributed by atoms with Gasteiger partial charge < -0.3 is 9.55 Å². The minimum absolute atomic E-state index is 0.0161. The second kappa shape index (κ2) is 5.40. The molecular formula is C14H8Cl2F2N2S. The summed E-state index contributed by atoms with van der Waals surface area (Å²) in [5, 5.41) is 0.0605. The summed E-state index contributed by atoms with van der Waals surface area (Å²) in [5.74, 6) is -0.995. The van der Waals surface area contributed by atoms with E-state index >= 15 is 0 Å². The highest BCUT2D eigenvalue weighted by molar-refractivity contribution is 7.71. The molecule has 0 radical (unpaired) electrons. The fourth-order valence-corrected chi connectivity index (χ4v) is 2.76. The number of imidazole rings is 1. The van der Waals surface area contributed by atoms with E-state index < -0.39 is 11.6 Å². The molecule has 1 aromatic heterocycles. The Morgan fingerprint density at radius 2 is 1.76 bits per heavy atom. The smallest absolute Gasteiger partial charge is 0.178 e. The van der Waals surface area contributed by atoms with Crippen LogP contribution in [0.2, 0.25) is 10.0 Å². The summed E-state index contributed by atoms with van der Waals surface area (Å²) in [6.45, 7) is 0.376. The third kappa shape index (κ3) is 2.69. The molecule has 0 aliphatic carbocycles. The van der Waals surface area contributed by atoms with Gasteiger partial charge in [-0.3, -0.25) is 0 Å². The molecule has 2 nitrogen and oxygen atoms in total. The highest BCUT2D eigenvalue weighted by Crippen LogP contribution is 2.24. The van der Waals surface area contributed by atoms with Gasteiger partial charge in [0.1, 0.15) is 11.6 Å². The van der Waals surface area contributed by atoms with Crippen LogP contribution in [-0.2, 0) is 6.54 Å². The number of aromatic nitrogens is 2. The van der Waals surface area contributed by atoms with Crippen molar-refractivity contribution in [3.8, 4) is 0 Å². The molecule has 0 atom stereocenters. The number of nitrogens with zero attached hydrogens (tertiary/aromatic N) is 1. The van der Waals surface area contributed by atoms with E-state index in [1.54, 1.807) is 10.6 Å². The number of benzene rings is 2. The number of H-pyrrole nitrogens is 1. The van der Waals surface area contributed by atoms with E-state index in [0.29, 0.717) is 22.3 Å². The Balaban J connectivity index is 2.11. The molecule has 0 aliphatic rings. The van der Waals surface area contributed by atoms with Crippen molar-refractivity contribution in [2.24, 2.45) is 0 Å². The van der Waals surface area contributed by atoms with Crippen LogP contribution in [0.3, 0.4) is 0 Å². The van der Waals surface area contributed by atoms with Crippen molar-refractivity contribution in [1.29, 1.82) is 0 Å². The second-order valence-electron chi connectivity index (χ2n) is 4.55. The normalized spacial score (nSPS) is 11.2. The lowest BCUT2D eigenvalue weighted by molar-refractivity contribution is 0.626. The summed E-state index contributed by atoms with van der Waals surface area (Å²) in [6.07, 6.45) is 0. The Morgan fingerprint density at radius 3 is 2.48 bits per heavy atom. The minimum atomic E-state index is -0.516. The van der Waals surface area contributed by atoms with Gasteiger partial charge in [-0.25, -0.2) is 8.78 Å². The van der Waals surface area contributed by atoms with Crippen LogP contribution >= 0.6 is 35.4 Å². The molecule has 0 spiro atoms. The molecule has 0 bridgehead atoms. The predicted molar refractivity (Wildman–Crippen MR) is 82.6 cm³/mol. The lowest BCUT2D eigenvalue weighted by Crippen LogP contribution is -2.00.